The van der Waals surface area contributed by atoms with Crippen LogP contribution in [-0.2, 0) is 0 Å². The van der Waals surface area contributed by atoms with Crippen molar-refractivity contribution in [3.8, 4) is 40.0 Å². The molecule has 15 aromatic rings. The fourth-order valence-corrected chi connectivity index (χ4v) is 12.1. The lowest BCUT2D eigenvalue weighted by molar-refractivity contribution is 0.00690. The second-order valence-electron chi connectivity index (χ2n) is 21.3. The first-order chi connectivity index (χ1) is 39.8. The van der Waals surface area contributed by atoms with Gasteiger partial charge in [-0.15, -0.1) is 0 Å². The van der Waals surface area contributed by atoms with E-state index in [-0.39, 0.29) is 11.3 Å². The molecule has 0 amide bonds. The number of likely N-dealkylation sites (N-methyl/N-ethyl adjacent to an activating group) is 3. The third-order valence-electron chi connectivity index (χ3n) is 16.1. The minimum Gasteiger partial charge on any atom is -0.489 e. The number of halogens is 1. The van der Waals surface area contributed by atoms with Crippen molar-refractivity contribution in [1.29, 1.82) is 0 Å². The number of rotatable bonds is 15. The Morgan fingerprint density at radius 3 is 1.81 bits per heavy atom. The lowest BCUT2D eigenvalue weighted by atomic mass is 10.0. The molecule has 5 N–H and O–H groups in total. The van der Waals surface area contributed by atoms with Crippen LogP contribution in [0.2, 0.25) is 0 Å². The number of hydrogen-bond acceptors (Lipinski definition) is 7. The van der Waals surface area contributed by atoms with Gasteiger partial charge in [0.2, 0.25) is 0 Å². The second-order valence-corrected chi connectivity index (χ2v) is 21.3. The number of nitrogens with one attached hydrogen (secondary N) is 5. The van der Waals surface area contributed by atoms with Crippen molar-refractivity contribution >= 4 is 115 Å². The minimum absolute atomic E-state index is 0.240. The summed E-state index contributed by atoms with van der Waals surface area (Å²) in [7, 11) is 8.28. The van der Waals surface area contributed by atoms with Crippen LogP contribution >= 0.6 is 0 Å². The van der Waals surface area contributed by atoms with Gasteiger partial charge in [-0.25, -0.2) is 24.4 Å². The molecule has 0 aliphatic heterocycles. The van der Waals surface area contributed by atoms with Crippen LogP contribution in [0.3, 0.4) is 0 Å². The van der Waals surface area contributed by atoms with Crippen molar-refractivity contribution in [2.24, 2.45) is 0 Å². The zero-order chi connectivity index (χ0) is 54.5. The molecule has 0 unspecified atom stereocenters. The normalized spacial score (nSPS) is 12.5. The average Bonchev–Trinajstić information content (AvgIpc) is 3.68. The highest BCUT2D eigenvalue weighted by Gasteiger charge is 2.27. The van der Waals surface area contributed by atoms with Crippen LogP contribution in [0.4, 0.5) is 4.39 Å². The van der Waals surface area contributed by atoms with Crippen LogP contribution < -0.4 is 9.47 Å². The highest BCUT2D eigenvalue weighted by atomic mass is 19.1. The number of benzene rings is 9. The Bertz CT molecular complexity index is 4970. The van der Waals surface area contributed by atoms with Gasteiger partial charge in [0.05, 0.1) is 38.7 Å². The molecule has 0 spiro atoms. The fraction of sp³-hybridized carbons (Fsp3) is 0.134. The average molecular weight is 1070 g/mol. The first-order valence-electron chi connectivity index (χ1n) is 27.4. The molecule has 15 rings (SSSR count). The van der Waals surface area contributed by atoms with E-state index in [1.54, 1.807) is 0 Å². The number of aromatic amines is 5. The van der Waals surface area contributed by atoms with Gasteiger partial charge in [0.1, 0.15) is 41.4 Å². The van der Waals surface area contributed by atoms with E-state index in [4.69, 9.17) is 19.4 Å². The van der Waals surface area contributed by atoms with E-state index >= 15 is 4.39 Å². The molecule has 0 saturated heterocycles. The molecule has 0 radical (unpaired) electrons. The zero-order valence-corrected chi connectivity index (χ0v) is 45.2. The van der Waals surface area contributed by atoms with Crippen molar-refractivity contribution in [2.75, 3.05) is 61.0 Å². The number of para-hydroxylation sites is 3. The maximum atomic E-state index is 16.6. The van der Waals surface area contributed by atoms with Gasteiger partial charge in [-0.3, -0.25) is 0 Å². The van der Waals surface area contributed by atoms with Crippen LogP contribution in [0.25, 0.3) is 144 Å². The lowest BCUT2D eigenvalue weighted by Crippen LogP contribution is -2.41. The fourth-order valence-electron chi connectivity index (χ4n) is 12.1. The summed E-state index contributed by atoms with van der Waals surface area (Å²) in [5.74, 6) is 2.19. The summed E-state index contributed by atoms with van der Waals surface area (Å²) in [6, 6.07) is 56.0. The Morgan fingerprint density at radius 2 is 1.09 bits per heavy atom. The summed E-state index contributed by atoms with van der Waals surface area (Å²) < 4.78 is 32.8. The van der Waals surface area contributed by atoms with Gasteiger partial charge < -0.3 is 43.9 Å². The van der Waals surface area contributed by atoms with Crippen LogP contribution in [0.1, 0.15) is 5.56 Å². The summed E-state index contributed by atoms with van der Waals surface area (Å²) in [6.07, 6.45) is 4.53. The Morgan fingerprint density at radius 1 is 0.481 bits per heavy atom. The van der Waals surface area contributed by atoms with Crippen molar-refractivity contribution in [3.63, 3.8) is 0 Å². The highest BCUT2D eigenvalue weighted by Crippen LogP contribution is 2.46. The maximum Gasteiger partial charge on any atom is 0.169 e. The van der Waals surface area contributed by atoms with Gasteiger partial charge in [0.15, 0.2) is 17.3 Å². The summed E-state index contributed by atoms with van der Waals surface area (Å²) in [6.45, 7) is 2.57. The molecular formula is C67H56FN11O2. The first-order valence-corrected chi connectivity index (χ1v) is 27.4. The predicted octanol–water partition coefficient (Wildman–Crippen LogP) is 14.7. The molecule has 81 heavy (non-hydrogen) atoms. The Balaban J connectivity index is 0.790. The quantitative estimate of drug-likeness (QED) is 0.0645. The molecule has 0 aliphatic rings. The second kappa shape index (κ2) is 19.3. The van der Waals surface area contributed by atoms with Gasteiger partial charge in [0.25, 0.3) is 0 Å². The van der Waals surface area contributed by atoms with E-state index in [0.717, 1.165) is 111 Å². The van der Waals surface area contributed by atoms with Crippen molar-refractivity contribution in [2.45, 2.75) is 0 Å². The Kier molecular flexibility index (Phi) is 11.5. The van der Waals surface area contributed by atoms with Gasteiger partial charge in [-0.05, 0) is 56.6 Å². The largest absolute Gasteiger partial charge is 0.489 e. The van der Waals surface area contributed by atoms with Crippen molar-refractivity contribution in [3.05, 3.63) is 181 Å². The standard InChI is InChI=1S/C67H56FN11O2/c1-76(2)32-18-26-44-54-41-23-11-14-27-46(41)69-49(54)37-45-55-48(71-59(44)45)29-17-31-52(55)79-51-30-16-13-25-43(51)56-53(79)38-50-60(73-66(72-50)39-19-7-5-8-20-39)64(56)80-35-33-77(3)78(4)34-36-81-65-61-57(42-24-12-15-28-47(42)70-61)58(68)62-63(65)75-67(74-62)40-21-9-6-10-22-40/h5-31,37-38,69-71H,32-36H2,1-4H3,(H,72,73)(H,74,75)/b26-18-. The van der Waals surface area contributed by atoms with Crippen LogP contribution in [0.15, 0.2) is 170 Å². The maximum absolute atomic E-state index is 16.6. The van der Waals surface area contributed by atoms with E-state index < -0.39 is 0 Å². The molecule has 14 heteroatoms. The van der Waals surface area contributed by atoms with Crippen LogP contribution in [0.5, 0.6) is 11.5 Å². The van der Waals surface area contributed by atoms with E-state index in [2.05, 4.69) is 169 Å². The molecule has 398 valence electrons. The van der Waals surface area contributed by atoms with Gasteiger partial charge >= 0.3 is 0 Å². The van der Waals surface area contributed by atoms with Crippen molar-refractivity contribution < 1.29 is 13.9 Å². The number of fused-ring (bicyclic) bond motifs is 14. The predicted molar refractivity (Wildman–Crippen MR) is 329 cm³/mol. The topological polar surface area (TPSA) is 138 Å². The summed E-state index contributed by atoms with van der Waals surface area (Å²) in [5.41, 5.74) is 14.2. The number of imidazole rings is 2. The number of H-pyrrole nitrogens is 5. The van der Waals surface area contributed by atoms with Gasteiger partial charge in [0, 0.05) is 110 Å². The summed E-state index contributed by atoms with van der Waals surface area (Å²) >= 11 is 0. The van der Waals surface area contributed by atoms with E-state index in [1.165, 1.54) is 10.8 Å². The van der Waals surface area contributed by atoms with Gasteiger partial charge in [-0.1, -0.05) is 133 Å². The molecule has 13 nitrogen and oxygen atoms in total. The molecule has 0 fully saturated rings. The van der Waals surface area contributed by atoms with Gasteiger partial charge in [-0.2, -0.15) is 0 Å². The zero-order valence-electron chi connectivity index (χ0n) is 45.2. The van der Waals surface area contributed by atoms with Crippen LogP contribution in [0, 0.1) is 5.82 Å². The molecular weight excluding hydrogens is 1010 g/mol. The van der Waals surface area contributed by atoms with Crippen molar-refractivity contribution in [1.82, 2.24) is 54.4 Å². The summed E-state index contributed by atoms with van der Waals surface area (Å²) in [4.78, 5) is 30.5. The first kappa shape index (κ1) is 48.4. The van der Waals surface area contributed by atoms with Crippen LogP contribution in [-0.4, -0.2) is 115 Å². The highest BCUT2D eigenvalue weighted by molar-refractivity contribution is 6.25. The van der Waals surface area contributed by atoms with E-state index in [9.17, 15) is 0 Å². The number of hydrogen-bond donors (Lipinski definition) is 5. The smallest absolute Gasteiger partial charge is 0.169 e. The molecule has 6 heterocycles. The minimum atomic E-state index is -0.388. The van der Waals surface area contributed by atoms with E-state index in [0.29, 0.717) is 60.0 Å². The molecule has 9 aromatic carbocycles. The monoisotopic (exact) mass is 1070 g/mol. The molecule has 0 aliphatic carbocycles. The Labute approximate surface area is 463 Å². The van der Waals surface area contributed by atoms with E-state index in [1.807, 2.05) is 79.8 Å². The third kappa shape index (κ3) is 7.93. The molecule has 6 aromatic heterocycles. The number of ether oxygens (including phenoxy) is 2. The number of nitrogens with zero attached hydrogens (tertiary/aromatic N) is 6. The third-order valence-corrected chi connectivity index (χ3v) is 16.1. The molecule has 0 atom stereocenters. The lowest BCUT2D eigenvalue weighted by Gasteiger charge is -2.28. The molecule has 0 saturated carbocycles. The number of hydrazine groups is 1. The summed E-state index contributed by atoms with van der Waals surface area (Å²) in [5, 5.41) is 12.2. The Hall–Kier alpha value is -9.73. The molecule has 0 bridgehead atoms. The SMILES string of the molecule is CN(C)C/C=C\c1c2[nH]c3cccc(-n4c5ccccc5c5c(OCCN(C)N(C)CCOc6c7[nH]c(-c8ccccc8)nc7c(F)c7c6[nH]c6ccccc67)c6nc(-c7ccccc7)[nH]c6cc54)c3c2cc2[nH]c3ccccc3c12. The number of aromatic nitrogens is 8.